The monoisotopic (exact) mass is 288 g/mol. The summed E-state index contributed by atoms with van der Waals surface area (Å²) in [6, 6.07) is 10.8. The third-order valence-electron chi connectivity index (χ3n) is 3.13. The lowest BCUT2D eigenvalue weighted by Crippen LogP contribution is -2.21. The fraction of sp³-hybridized carbons (Fsp3) is 0.267. The minimum atomic E-state index is 0.316. The SMILES string of the molecule is CC(NCCc1ccsc1)c1nc2ccccc2s1. The molecule has 2 aromatic heterocycles. The predicted octanol–water partition coefficient (Wildman–Crippen LogP) is 4.25. The van der Waals surface area contributed by atoms with Gasteiger partial charge in [-0.25, -0.2) is 4.98 Å². The van der Waals surface area contributed by atoms with Crippen LogP contribution in [-0.2, 0) is 6.42 Å². The van der Waals surface area contributed by atoms with Crippen LogP contribution >= 0.6 is 22.7 Å². The van der Waals surface area contributed by atoms with E-state index < -0.39 is 0 Å². The molecule has 1 atom stereocenters. The van der Waals surface area contributed by atoms with Gasteiger partial charge >= 0.3 is 0 Å². The van der Waals surface area contributed by atoms with E-state index in [0.717, 1.165) is 18.5 Å². The lowest BCUT2D eigenvalue weighted by molar-refractivity contribution is 0.575. The third-order valence-corrected chi connectivity index (χ3v) is 5.08. The van der Waals surface area contributed by atoms with Crippen molar-refractivity contribution >= 4 is 32.9 Å². The van der Waals surface area contributed by atoms with Crippen LogP contribution in [0, 0.1) is 0 Å². The van der Waals surface area contributed by atoms with E-state index in [-0.39, 0.29) is 0 Å². The second-order valence-electron chi connectivity index (χ2n) is 4.58. The Bertz CT molecular complexity index is 610. The number of rotatable bonds is 5. The van der Waals surface area contributed by atoms with Crippen LogP contribution in [0.4, 0.5) is 0 Å². The highest BCUT2D eigenvalue weighted by Crippen LogP contribution is 2.25. The first-order chi connectivity index (χ1) is 9.33. The molecule has 0 aliphatic rings. The largest absolute Gasteiger partial charge is 0.308 e. The highest BCUT2D eigenvalue weighted by molar-refractivity contribution is 7.18. The lowest BCUT2D eigenvalue weighted by atomic mass is 10.2. The second kappa shape index (κ2) is 5.82. The first kappa shape index (κ1) is 12.8. The summed E-state index contributed by atoms with van der Waals surface area (Å²) in [4.78, 5) is 4.69. The molecule has 3 rings (SSSR count). The normalized spacial score (nSPS) is 12.9. The zero-order valence-corrected chi connectivity index (χ0v) is 12.4. The molecule has 0 aliphatic carbocycles. The number of para-hydroxylation sites is 1. The van der Waals surface area contributed by atoms with Crippen molar-refractivity contribution in [1.29, 1.82) is 0 Å². The van der Waals surface area contributed by atoms with Crippen LogP contribution in [0.1, 0.15) is 23.5 Å². The fourth-order valence-corrected chi connectivity index (χ4v) is 3.73. The number of benzene rings is 1. The molecule has 1 unspecified atom stereocenters. The van der Waals surface area contributed by atoms with Crippen LogP contribution in [-0.4, -0.2) is 11.5 Å². The highest BCUT2D eigenvalue weighted by Gasteiger charge is 2.10. The molecule has 0 spiro atoms. The van der Waals surface area contributed by atoms with Gasteiger partial charge in [0.15, 0.2) is 0 Å². The predicted molar refractivity (Wildman–Crippen MR) is 84.1 cm³/mol. The van der Waals surface area contributed by atoms with Gasteiger partial charge in [-0.05, 0) is 54.4 Å². The molecular formula is C15H16N2S2. The average molecular weight is 288 g/mol. The van der Waals surface area contributed by atoms with Gasteiger partial charge in [0.1, 0.15) is 5.01 Å². The molecule has 2 heterocycles. The first-order valence-corrected chi connectivity index (χ1v) is 8.19. The molecule has 0 saturated carbocycles. The van der Waals surface area contributed by atoms with Crippen LogP contribution in [0.15, 0.2) is 41.1 Å². The van der Waals surface area contributed by atoms with Gasteiger partial charge in [-0.1, -0.05) is 12.1 Å². The van der Waals surface area contributed by atoms with Crippen LogP contribution in [0.5, 0.6) is 0 Å². The van der Waals surface area contributed by atoms with Gasteiger partial charge in [0.2, 0.25) is 0 Å². The maximum absolute atomic E-state index is 4.69. The molecule has 1 N–H and O–H groups in total. The Morgan fingerprint density at radius 3 is 2.95 bits per heavy atom. The van der Waals surface area contributed by atoms with Crippen LogP contribution in [0.2, 0.25) is 0 Å². The van der Waals surface area contributed by atoms with Crippen molar-refractivity contribution in [2.45, 2.75) is 19.4 Å². The lowest BCUT2D eigenvalue weighted by Gasteiger charge is -2.10. The van der Waals surface area contributed by atoms with E-state index in [9.17, 15) is 0 Å². The summed E-state index contributed by atoms with van der Waals surface area (Å²) in [5.74, 6) is 0. The Morgan fingerprint density at radius 2 is 2.16 bits per heavy atom. The van der Waals surface area contributed by atoms with Crippen molar-refractivity contribution in [3.05, 3.63) is 51.7 Å². The summed E-state index contributed by atoms with van der Waals surface area (Å²) >= 11 is 3.54. The number of nitrogens with zero attached hydrogens (tertiary/aromatic N) is 1. The molecule has 0 fully saturated rings. The number of fused-ring (bicyclic) bond motifs is 1. The van der Waals surface area contributed by atoms with Gasteiger partial charge in [-0.2, -0.15) is 11.3 Å². The fourth-order valence-electron chi connectivity index (χ4n) is 2.03. The minimum absolute atomic E-state index is 0.316. The molecule has 0 aliphatic heterocycles. The van der Waals surface area contributed by atoms with Crippen molar-refractivity contribution < 1.29 is 0 Å². The van der Waals surface area contributed by atoms with Gasteiger partial charge in [-0.3, -0.25) is 0 Å². The van der Waals surface area contributed by atoms with Gasteiger partial charge in [0, 0.05) is 0 Å². The average Bonchev–Trinajstić information content (AvgIpc) is 3.07. The Morgan fingerprint density at radius 1 is 1.26 bits per heavy atom. The van der Waals surface area contributed by atoms with Crippen LogP contribution in [0.25, 0.3) is 10.2 Å². The summed E-state index contributed by atoms with van der Waals surface area (Å²) in [7, 11) is 0. The van der Waals surface area contributed by atoms with Crippen molar-refractivity contribution in [1.82, 2.24) is 10.3 Å². The molecule has 0 radical (unpaired) electrons. The van der Waals surface area contributed by atoms with Crippen molar-refractivity contribution in [3.63, 3.8) is 0 Å². The maximum Gasteiger partial charge on any atom is 0.111 e. The molecule has 1 aromatic carbocycles. The van der Waals surface area contributed by atoms with E-state index in [4.69, 9.17) is 0 Å². The maximum atomic E-state index is 4.69. The highest BCUT2D eigenvalue weighted by atomic mass is 32.1. The molecular weight excluding hydrogens is 272 g/mol. The smallest absolute Gasteiger partial charge is 0.111 e. The number of hydrogen-bond donors (Lipinski definition) is 1. The first-order valence-electron chi connectivity index (χ1n) is 6.43. The van der Waals surface area contributed by atoms with Gasteiger partial charge < -0.3 is 5.32 Å². The van der Waals surface area contributed by atoms with Gasteiger partial charge in [0.05, 0.1) is 16.3 Å². The molecule has 98 valence electrons. The third kappa shape index (κ3) is 3.03. The molecule has 0 bridgehead atoms. The topological polar surface area (TPSA) is 24.9 Å². The Kier molecular flexibility index (Phi) is 3.92. The van der Waals surface area contributed by atoms with Gasteiger partial charge in [-0.15, -0.1) is 11.3 Å². The number of thiazole rings is 1. The molecule has 19 heavy (non-hydrogen) atoms. The Hall–Kier alpha value is -1.23. The molecule has 0 amide bonds. The summed E-state index contributed by atoms with van der Waals surface area (Å²) in [5, 5.41) is 9.07. The molecule has 3 aromatic rings. The molecule has 0 saturated heterocycles. The van der Waals surface area contributed by atoms with Crippen molar-refractivity contribution in [2.24, 2.45) is 0 Å². The minimum Gasteiger partial charge on any atom is -0.308 e. The summed E-state index contributed by atoms with van der Waals surface area (Å²) in [5.41, 5.74) is 2.52. The van der Waals surface area contributed by atoms with E-state index in [2.05, 4.69) is 52.3 Å². The quantitative estimate of drug-likeness (QED) is 0.759. The summed E-state index contributed by atoms with van der Waals surface area (Å²) in [6.45, 7) is 3.18. The van der Waals surface area contributed by atoms with Crippen LogP contribution < -0.4 is 5.32 Å². The number of aromatic nitrogens is 1. The van der Waals surface area contributed by atoms with Crippen LogP contribution in [0.3, 0.4) is 0 Å². The summed E-state index contributed by atoms with van der Waals surface area (Å²) < 4.78 is 1.27. The standard InChI is InChI=1S/C15H16N2S2/c1-11(16-8-6-12-7-9-18-10-12)15-17-13-4-2-3-5-14(13)19-15/h2-5,7,9-11,16H,6,8H2,1H3. The summed E-state index contributed by atoms with van der Waals surface area (Å²) in [6.07, 6.45) is 1.08. The van der Waals surface area contributed by atoms with E-state index >= 15 is 0 Å². The Balaban J connectivity index is 1.61. The number of thiophene rings is 1. The second-order valence-corrected chi connectivity index (χ2v) is 6.42. The van der Waals surface area contributed by atoms with E-state index in [0.29, 0.717) is 6.04 Å². The van der Waals surface area contributed by atoms with E-state index in [1.807, 2.05) is 6.07 Å². The zero-order chi connectivity index (χ0) is 13.1. The number of nitrogens with one attached hydrogen (secondary N) is 1. The Labute approximate surface area is 121 Å². The number of hydrogen-bond acceptors (Lipinski definition) is 4. The van der Waals surface area contributed by atoms with E-state index in [1.54, 1.807) is 22.7 Å². The van der Waals surface area contributed by atoms with Gasteiger partial charge in [0.25, 0.3) is 0 Å². The zero-order valence-electron chi connectivity index (χ0n) is 10.8. The molecule has 2 nitrogen and oxygen atoms in total. The molecule has 4 heteroatoms. The van der Waals surface area contributed by atoms with Crippen molar-refractivity contribution in [3.8, 4) is 0 Å². The van der Waals surface area contributed by atoms with Crippen molar-refractivity contribution in [2.75, 3.05) is 6.54 Å². The van der Waals surface area contributed by atoms with E-state index in [1.165, 1.54) is 15.3 Å².